The minimum Gasteiger partial charge on any atom is -0.316 e. The van der Waals surface area contributed by atoms with Crippen molar-refractivity contribution in [3.63, 3.8) is 0 Å². The van der Waals surface area contributed by atoms with Gasteiger partial charge in [0.25, 0.3) is 0 Å². The molecule has 5 heteroatoms. The van der Waals surface area contributed by atoms with E-state index >= 15 is 0 Å². The van der Waals surface area contributed by atoms with Gasteiger partial charge in [-0.15, -0.1) is 0 Å². The van der Waals surface area contributed by atoms with E-state index in [9.17, 15) is 0 Å². The predicted molar refractivity (Wildman–Crippen MR) is 86.5 cm³/mol. The van der Waals surface area contributed by atoms with Gasteiger partial charge in [-0.2, -0.15) is 5.10 Å². The van der Waals surface area contributed by atoms with Crippen molar-refractivity contribution in [1.82, 2.24) is 20.1 Å². The van der Waals surface area contributed by atoms with Crippen LogP contribution in [-0.4, -0.2) is 27.9 Å². The molecule has 0 bridgehead atoms. The summed E-state index contributed by atoms with van der Waals surface area (Å²) in [7, 11) is 1.94. The highest BCUT2D eigenvalue weighted by atomic mass is 35.5. The largest absolute Gasteiger partial charge is 0.316 e. The Kier molecular flexibility index (Phi) is 6.21. The van der Waals surface area contributed by atoms with Crippen molar-refractivity contribution < 1.29 is 0 Å². The monoisotopic (exact) mass is 306 g/mol. The van der Waals surface area contributed by atoms with E-state index in [1.165, 1.54) is 5.56 Å². The lowest BCUT2D eigenvalue weighted by molar-refractivity contribution is 0.453. The van der Waals surface area contributed by atoms with E-state index in [4.69, 9.17) is 11.6 Å². The number of aromatic nitrogens is 3. The molecular weight excluding hydrogens is 284 g/mol. The summed E-state index contributed by atoms with van der Waals surface area (Å²) in [6.07, 6.45) is 4.60. The van der Waals surface area contributed by atoms with Gasteiger partial charge in [0.05, 0.1) is 0 Å². The van der Waals surface area contributed by atoms with Gasteiger partial charge >= 0.3 is 0 Å². The third kappa shape index (κ3) is 4.83. The molecule has 0 saturated heterocycles. The fourth-order valence-corrected chi connectivity index (χ4v) is 2.65. The number of halogens is 1. The molecule has 2 rings (SSSR count). The molecule has 0 radical (unpaired) electrons. The van der Waals surface area contributed by atoms with Crippen molar-refractivity contribution in [2.45, 2.75) is 26.2 Å². The highest BCUT2D eigenvalue weighted by Crippen LogP contribution is 2.20. The average molecular weight is 307 g/mol. The third-order valence-corrected chi connectivity index (χ3v) is 3.97. The standard InChI is InChI=1S/C16H23ClN4/c1-3-8-18-11-13(10-16-19-12-20-21(16)2)9-14-6-4-5-7-15(14)17/h4-7,12-13,18H,3,8-11H2,1-2H3. The SMILES string of the molecule is CCCNCC(Cc1ccccc1Cl)Cc1ncnn1C. The van der Waals surface area contributed by atoms with Crippen LogP contribution in [0.2, 0.25) is 5.02 Å². The number of nitrogens with one attached hydrogen (secondary N) is 1. The van der Waals surface area contributed by atoms with Crippen molar-refractivity contribution >= 4 is 11.6 Å². The van der Waals surface area contributed by atoms with Gasteiger partial charge in [0.15, 0.2) is 0 Å². The van der Waals surface area contributed by atoms with E-state index in [0.29, 0.717) is 5.92 Å². The summed E-state index contributed by atoms with van der Waals surface area (Å²) in [5, 5.41) is 8.50. The Labute approximate surface area is 131 Å². The maximum atomic E-state index is 6.29. The summed E-state index contributed by atoms with van der Waals surface area (Å²) >= 11 is 6.29. The molecule has 4 nitrogen and oxygen atoms in total. The van der Waals surface area contributed by atoms with Crippen LogP contribution in [0.25, 0.3) is 0 Å². The van der Waals surface area contributed by atoms with Gasteiger partial charge in [-0.25, -0.2) is 4.98 Å². The summed E-state index contributed by atoms with van der Waals surface area (Å²) in [5.74, 6) is 1.48. The highest BCUT2D eigenvalue weighted by molar-refractivity contribution is 6.31. The van der Waals surface area contributed by atoms with Gasteiger partial charge in [-0.3, -0.25) is 4.68 Å². The smallest absolute Gasteiger partial charge is 0.138 e. The van der Waals surface area contributed by atoms with Crippen LogP contribution in [0.4, 0.5) is 0 Å². The molecule has 1 N–H and O–H groups in total. The number of aryl methyl sites for hydroxylation is 1. The van der Waals surface area contributed by atoms with Crippen molar-refractivity contribution in [2.24, 2.45) is 13.0 Å². The second-order valence-electron chi connectivity index (χ2n) is 5.37. The molecule has 21 heavy (non-hydrogen) atoms. The molecule has 0 aliphatic carbocycles. The minimum absolute atomic E-state index is 0.458. The first-order valence-electron chi connectivity index (χ1n) is 7.47. The maximum Gasteiger partial charge on any atom is 0.138 e. The van der Waals surface area contributed by atoms with E-state index in [-0.39, 0.29) is 0 Å². The number of hydrogen-bond acceptors (Lipinski definition) is 3. The summed E-state index contributed by atoms with van der Waals surface area (Å²) < 4.78 is 1.85. The number of nitrogens with zero attached hydrogens (tertiary/aromatic N) is 3. The molecular formula is C16H23ClN4. The quantitative estimate of drug-likeness (QED) is 0.763. The second kappa shape index (κ2) is 8.15. The summed E-state index contributed by atoms with van der Waals surface area (Å²) in [6, 6.07) is 8.07. The Hall–Kier alpha value is -1.39. The summed E-state index contributed by atoms with van der Waals surface area (Å²) in [6.45, 7) is 4.18. The molecule has 0 spiro atoms. The Morgan fingerprint density at radius 3 is 2.76 bits per heavy atom. The van der Waals surface area contributed by atoms with Gasteiger partial charge in [0, 0.05) is 18.5 Å². The maximum absolute atomic E-state index is 6.29. The van der Waals surface area contributed by atoms with E-state index in [0.717, 1.165) is 43.2 Å². The average Bonchev–Trinajstić information content (AvgIpc) is 2.87. The van der Waals surface area contributed by atoms with Crippen molar-refractivity contribution in [1.29, 1.82) is 0 Å². The third-order valence-electron chi connectivity index (χ3n) is 3.60. The van der Waals surface area contributed by atoms with Gasteiger partial charge in [-0.05, 0) is 43.5 Å². The Morgan fingerprint density at radius 1 is 1.29 bits per heavy atom. The molecule has 1 aromatic carbocycles. The van der Waals surface area contributed by atoms with Crippen LogP contribution in [0.15, 0.2) is 30.6 Å². The Morgan fingerprint density at radius 2 is 2.10 bits per heavy atom. The molecule has 1 atom stereocenters. The van der Waals surface area contributed by atoms with Gasteiger partial charge < -0.3 is 5.32 Å². The van der Waals surface area contributed by atoms with Crippen LogP contribution in [0, 0.1) is 5.92 Å². The number of rotatable bonds is 8. The van der Waals surface area contributed by atoms with Crippen LogP contribution in [0.5, 0.6) is 0 Å². The zero-order chi connectivity index (χ0) is 15.1. The minimum atomic E-state index is 0.458. The van der Waals surface area contributed by atoms with Crippen molar-refractivity contribution in [3.05, 3.63) is 47.0 Å². The number of benzene rings is 1. The molecule has 0 fully saturated rings. The first-order chi connectivity index (χ1) is 10.2. The molecule has 0 amide bonds. The number of hydrogen-bond donors (Lipinski definition) is 1. The first kappa shape index (κ1) is 16.0. The van der Waals surface area contributed by atoms with Crippen LogP contribution >= 0.6 is 11.6 Å². The molecule has 114 valence electrons. The molecule has 0 saturated carbocycles. The second-order valence-corrected chi connectivity index (χ2v) is 5.78. The molecule has 1 unspecified atom stereocenters. The topological polar surface area (TPSA) is 42.7 Å². The molecule has 0 aliphatic heterocycles. The van der Waals surface area contributed by atoms with Crippen LogP contribution in [0.1, 0.15) is 24.7 Å². The van der Waals surface area contributed by atoms with Gasteiger partial charge in [0.1, 0.15) is 12.2 Å². The Balaban J connectivity index is 2.04. The van der Waals surface area contributed by atoms with E-state index in [2.05, 4.69) is 28.4 Å². The zero-order valence-electron chi connectivity index (χ0n) is 12.7. The van der Waals surface area contributed by atoms with Gasteiger partial charge in [-0.1, -0.05) is 36.7 Å². The van der Waals surface area contributed by atoms with Crippen molar-refractivity contribution in [3.8, 4) is 0 Å². The van der Waals surface area contributed by atoms with Crippen LogP contribution in [0.3, 0.4) is 0 Å². The van der Waals surface area contributed by atoms with Gasteiger partial charge in [0.2, 0.25) is 0 Å². The summed E-state index contributed by atoms with van der Waals surface area (Å²) in [5.41, 5.74) is 1.20. The van der Waals surface area contributed by atoms with Crippen LogP contribution in [-0.2, 0) is 19.9 Å². The lowest BCUT2D eigenvalue weighted by Crippen LogP contribution is -2.27. The Bertz CT molecular complexity index is 553. The fourth-order valence-electron chi connectivity index (χ4n) is 2.44. The summed E-state index contributed by atoms with van der Waals surface area (Å²) in [4.78, 5) is 4.34. The van der Waals surface area contributed by atoms with Crippen LogP contribution < -0.4 is 5.32 Å². The highest BCUT2D eigenvalue weighted by Gasteiger charge is 2.15. The van der Waals surface area contributed by atoms with E-state index in [1.807, 2.05) is 29.9 Å². The first-order valence-corrected chi connectivity index (χ1v) is 7.85. The molecule has 1 aromatic heterocycles. The molecule has 0 aliphatic rings. The predicted octanol–water partition coefficient (Wildman–Crippen LogP) is 2.87. The zero-order valence-corrected chi connectivity index (χ0v) is 13.5. The van der Waals surface area contributed by atoms with E-state index < -0.39 is 0 Å². The molecule has 2 aromatic rings. The van der Waals surface area contributed by atoms with E-state index in [1.54, 1.807) is 6.33 Å². The fraction of sp³-hybridized carbons (Fsp3) is 0.500. The lowest BCUT2D eigenvalue weighted by Gasteiger charge is -2.18. The lowest BCUT2D eigenvalue weighted by atomic mass is 9.95. The molecule has 1 heterocycles. The van der Waals surface area contributed by atoms with Crippen molar-refractivity contribution in [2.75, 3.05) is 13.1 Å². The normalized spacial score (nSPS) is 12.5.